The molecule has 0 spiro atoms. The van der Waals surface area contributed by atoms with Gasteiger partial charge >= 0.3 is 0 Å². The zero-order valence-corrected chi connectivity index (χ0v) is 15.1. The number of nitrogens with zero attached hydrogens (tertiary/aromatic N) is 1. The van der Waals surface area contributed by atoms with Gasteiger partial charge in [-0.3, -0.25) is 4.79 Å². The van der Waals surface area contributed by atoms with E-state index in [1.54, 1.807) is 23.8 Å². The van der Waals surface area contributed by atoms with Crippen LogP contribution in [0.15, 0.2) is 23.1 Å². The zero-order chi connectivity index (χ0) is 15.2. The molecule has 1 atom stereocenters. The molecule has 0 aliphatic carbocycles. The summed E-state index contributed by atoms with van der Waals surface area (Å²) in [5, 5.41) is 3.31. The molecule has 0 radical (unpaired) electrons. The number of halogens is 1. The number of benzene rings is 1. The Balaban J connectivity index is 0.00000242. The van der Waals surface area contributed by atoms with Crippen LogP contribution < -0.4 is 10.1 Å². The van der Waals surface area contributed by atoms with Gasteiger partial charge < -0.3 is 15.0 Å². The second-order valence-corrected chi connectivity index (χ2v) is 6.23. The fraction of sp³-hybridized carbons (Fsp3) is 0.562. The molecular formula is C16H25ClN2O2S. The molecule has 124 valence electrons. The van der Waals surface area contributed by atoms with Crippen molar-refractivity contribution < 1.29 is 9.53 Å². The van der Waals surface area contributed by atoms with Crippen LogP contribution in [0.25, 0.3) is 0 Å². The fourth-order valence-electron chi connectivity index (χ4n) is 2.66. The molecule has 0 saturated carbocycles. The van der Waals surface area contributed by atoms with Gasteiger partial charge in [-0.05, 0) is 43.3 Å². The Hall–Kier alpha value is -0.910. The van der Waals surface area contributed by atoms with E-state index in [4.69, 9.17) is 4.74 Å². The first-order valence-corrected chi connectivity index (χ1v) is 8.57. The first-order chi connectivity index (χ1) is 10.2. The van der Waals surface area contributed by atoms with Crippen LogP contribution in [0.5, 0.6) is 5.75 Å². The van der Waals surface area contributed by atoms with E-state index in [0.29, 0.717) is 6.54 Å². The van der Waals surface area contributed by atoms with Gasteiger partial charge in [0.25, 0.3) is 0 Å². The monoisotopic (exact) mass is 344 g/mol. The molecule has 0 bridgehead atoms. The number of carbonyl (C=O) groups is 1. The highest BCUT2D eigenvalue weighted by atomic mass is 35.5. The Bertz CT molecular complexity index is 493. The molecule has 1 amide bonds. The number of rotatable bonds is 5. The normalized spacial score (nSPS) is 17.5. The van der Waals surface area contributed by atoms with Crippen molar-refractivity contribution >= 4 is 30.1 Å². The SMILES string of the molecule is COc1cc(CN(C)C(=O)C2CCCCN2)ccc1SC.Cl. The smallest absolute Gasteiger partial charge is 0.239 e. The molecule has 1 saturated heterocycles. The van der Waals surface area contributed by atoms with Gasteiger partial charge in [0.1, 0.15) is 5.75 Å². The van der Waals surface area contributed by atoms with E-state index in [0.717, 1.165) is 35.6 Å². The van der Waals surface area contributed by atoms with Gasteiger partial charge in [-0.25, -0.2) is 0 Å². The molecule has 1 unspecified atom stereocenters. The van der Waals surface area contributed by atoms with Crippen LogP contribution in [0.4, 0.5) is 0 Å². The van der Waals surface area contributed by atoms with Crippen molar-refractivity contribution in [3.05, 3.63) is 23.8 Å². The maximum Gasteiger partial charge on any atom is 0.239 e. The van der Waals surface area contributed by atoms with E-state index in [1.807, 2.05) is 19.4 Å². The Morgan fingerprint density at radius 3 is 2.82 bits per heavy atom. The molecule has 4 nitrogen and oxygen atoms in total. The lowest BCUT2D eigenvalue weighted by Crippen LogP contribution is -2.46. The minimum absolute atomic E-state index is 0. The predicted molar refractivity (Wildman–Crippen MR) is 94.1 cm³/mol. The van der Waals surface area contributed by atoms with Crippen molar-refractivity contribution in [2.75, 3.05) is 27.0 Å². The largest absolute Gasteiger partial charge is 0.496 e. The number of carbonyl (C=O) groups excluding carboxylic acids is 1. The summed E-state index contributed by atoms with van der Waals surface area (Å²) in [6.07, 6.45) is 5.27. The van der Waals surface area contributed by atoms with Gasteiger partial charge in [0.2, 0.25) is 5.91 Å². The molecular weight excluding hydrogens is 320 g/mol. The highest BCUT2D eigenvalue weighted by Crippen LogP contribution is 2.28. The van der Waals surface area contributed by atoms with Crippen molar-refractivity contribution in [3.8, 4) is 5.75 Å². The van der Waals surface area contributed by atoms with Crippen LogP contribution in [-0.4, -0.2) is 43.8 Å². The molecule has 1 aliphatic heterocycles. The van der Waals surface area contributed by atoms with Gasteiger partial charge in [0.15, 0.2) is 0 Å². The van der Waals surface area contributed by atoms with Crippen molar-refractivity contribution in [2.45, 2.75) is 36.7 Å². The van der Waals surface area contributed by atoms with Gasteiger partial charge in [-0.15, -0.1) is 24.2 Å². The summed E-state index contributed by atoms with van der Waals surface area (Å²) >= 11 is 1.66. The number of hydrogen-bond acceptors (Lipinski definition) is 4. The van der Waals surface area contributed by atoms with Gasteiger partial charge in [0, 0.05) is 18.5 Å². The fourth-order valence-corrected chi connectivity index (χ4v) is 3.21. The van der Waals surface area contributed by atoms with Crippen molar-refractivity contribution in [3.63, 3.8) is 0 Å². The Labute approximate surface area is 143 Å². The maximum absolute atomic E-state index is 12.4. The molecule has 1 aliphatic rings. The molecule has 22 heavy (non-hydrogen) atoms. The van der Waals surface area contributed by atoms with Crippen molar-refractivity contribution in [1.29, 1.82) is 0 Å². The summed E-state index contributed by atoms with van der Waals surface area (Å²) in [5.41, 5.74) is 1.09. The number of methoxy groups -OCH3 is 1. The Morgan fingerprint density at radius 2 is 2.23 bits per heavy atom. The predicted octanol–water partition coefficient (Wildman–Crippen LogP) is 2.94. The molecule has 6 heteroatoms. The second-order valence-electron chi connectivity index (χ2n) is 5.39. The standard InChI is InChI=1S/C16H24N2O2S.ClH/c1-18(16(19)13-6-4-5-9-17-13)11-12-7-8-15(21-3)14(10-12)20-2;/h7-8,10,13,17H,4-6,9,11H2,1-3H3;1H. The van der Waals surface area contributed by atoms with Crippen LogP contribution in [0.3, 0.4) is 0 Å². The zero-order valence-electron chi connectivity index (χ0n) is 13.4. The molecule has 0 aromatic heterocycles. The molecule has 1 aromatic carbocycles. The summed E-state index contributed by atoms with van der Waals surface area (Å²) in [6, 6.07) is 6.11. The lowest BCUT2D eigenvalue weighted by Gasteiger charge is -2.27. The second kappa shape index (κ2) is 9.28. The van der Waals surface area contributed by atoms with E-state index < -0.39 is 0 Å². The van der Waals surface area contributed by atoms with E-state index in [1.165, 1.54) is 6.42 Å². The average molecular weight is 345 g/mol. The third-order valence-corrected chi connectivity index (χ3v) is 4.63. The number of piperidine rings is 1. The number of amides is 1. The lowest BCUT2D eigenvalue weighted by atomic mass is 10.0. The van der Waals surface area contributed by atoms with Crippen molar-refractivity contribution in [2.24, 2.45) is 0 Å². The van der Waals surface area contributed by atoms with Crippen LogP contribution >= 0.6 is 24.2 Å². The minimum atomic E-state index is -0.0175. The molecule has 2 rings (SSSR count). The number of hydrogen-bond donors (Lipinski definition) is 1. The molecule has 1 N–H and O–H groups in total. The number of likely N-dealkylation sites (N-methyl/N-ethyl adjacent to an activating group) is 1. The van der Waals surface area contributed by atoms with Gasteiger partial charge in [0.05, 0.1) is 13.2 Å². The summed E-state index contributed by atoms with van der Waals surface area (Å²) in [7, 11) is 3.55. The highest BCUT2D eigenvalue weighted by molar-refractivity contribution is 7.98. The first kappa shape index (κ1) is 19.1. The lowest BCUT2D eigenvalue weighted by molar-refractivity contribution is -0.133. The Morgan fingerprint density at radius 1 is 1.45 bits per heavy atom. The van der Waals surface area contributed by atoms with E-state index in [2.05, 4.69) is 17.4 Å². The summed E-state index contributed by atoms with van der Waals surface area (Å²) < 4.78 is 5.40. The van der Waals surface area contributed by atoms with Gasteiger partial charge in [-0.2, -0.15) is 0 Å². The van der Waals surface area contributed by atoms with Crippen LogP contribution in [-0.2, 0) is 11.3 Å². The molecule has 1 fully saturated rings. The summed E-state index contributed by atoms with van der Waals surface area (Å²) in [6.45, 7) is 1.56. The number of nitrogens with one attached hydrogen (secondary N) is 1. The minimum Gasteiger partial charge on any atom is -0.496 e. The van der Waals surface area contributed by atoms with Crippen LogP contribution in [0, 0.1) is 0 Å². The topological polar surface area (TPSA) is 41.6 Å². The van der Waals surface area contributed by atoms with E-state index in [9.17, 15) is 4.79 Å². The number of ether oxygens (including phenoxy) is 1. The van der Waals surface area contributed by atoms with E-state index >= 15 is 0 Å². The summed E-state index contributed by atoms with van der Waals surface area (Å²) in [5.74, 6) is 1.05. The highest BCUT2D eigenvalue weighted by Gasteiger charge is 2.23. The van der Waals surface area contributed by atoms with E-state index in [-0.39, 0.29) is 24.4 Å². The van der Waals surface area contributed by atoms with Gasteiger partial charge in [-0.1, -0.05) is 12.5 Å². The first-order valence-electron chi connectivity index (χ1n) is 7.35. The maximum atomic E-state index is 12.4. The number of thioether (sulfide) groups is 1. The quantitative estimate of drug-likeness (QED) is 0.834. The molecule has 1 aromatic rings. The molecule has 1 heterocycles. The Kier molecular flexibility index (Phi) is 8.07. The average Bonchev–Trinajstić information content (AvgIpc) is 2.54. The summed E-state index contributed by atoms with van der Waals surface area (Å²) in [4.78, 5) is 15.3. The third kappa shape index (κ3) is 4.80. The van der Waals surface area contributed by atoms with Crippen molar-refractivity contribution in [1.82, 2.24) is 10.2 Å². The van der Waals surface area contributed by atoms with Crippen LogP contribution in [0.2, 0.25) is 0 Å². The third-order valence-electron chi connectivity index (χ3n) is 3.85. The van der Waals surface area contributed by atoms with Crippen LogP contribution in [0.1, 0.15) is 24.8 Å².